The van der Waals surface area contributed by atoms with Crippen molar-refractivity contribution in [1.29, 1.82) is 0 Å². The molecule has 1 heterocycles. The van der Waals surface area contributed by atoms with Crippen LogP contribution in [0, 0.1) is 0 Å². The summed E-state index contributed by atoms with van der Waals surface area (Å²) in [6, 6.07) is 14.8. The molecule has 0 aliphatic carbocycles. The number of nitrogens with one attached hydrogen (secondary N) is 2. The van der Waals surface area contributed by atoms with E-state index in [1.165, 1.54) is 12.1 Å². The number of hydrogen-bond donors (Lipinski definition) is 2. The molecule has 0 saturated carbocycles. The number of carbonyl (C=O) groups excluding carboxylic acids is 2. The maximum absolute atomic E-state index is 12.3. The van der Waals surface area contributed by atoms with Crippen molar-refractivity contribution in [2.24, 2.45) is 0 Å². The Morgan fingerprint density at radius 2 is 1.57 bits per heavy atom. The Labute approximate surface area is 180 Å². The molecule has 3 aromatic rings. The largest absolute Gasteiger partial charge is 0.350 e. The maximum Gasteiger partial charge on any atom is 0.315 e. The highest BCUT2D eigenvalue weighted by atomic mass is 79.9. The first-order valence-corrected chi connectivity index (χ1v) is 11.2. The Hall–Kier alpha value is -3.05. The number of rotatable bonds is 8. The minimum Gasteiger partial charge on any atom is -0.350 e. The SMILES string of the molecule is O=C(NCCNC(=O)c1ccccc1Br)c1nc(CS(=O)(=O)c2ccccc2)no1. The molecule has 0 aliphatic rings. The van der Waals surface area contributed by atoms with Gasteiger partial charge in [-0.2, -0.15) is 4.98 Å². The third kappa shape index (κ3) is 5.51. The fourth-order valence-corrected chi connectivity index (χ4v) is 4.11. The van der Waals surface area contributed by atoms with Gasteiger partial charge in [0.2, 0.25) is 0 Å². The molecule has 30 heavy (non-hydrogen) atoms. The second kappa shape index (κ2) is 9.63. The van der Waals surface area contributed by atoms with Gasteiger partial charge in [0.15, 0.2) is 15.7 Å². The molecule has 0 bridgehead atoms. The fraction of sp³-hybridized carbons (Fsp3) is 0.158. The van der Waals surface area contributed by atoms with E-state index >= 15 is 0 Å². The summed E-state index contributed by atoms with van der Waals surface area (Å²) in [6.07, 6.45) is 0. The molecule has 3 rings (SSSR count). The van der Waals surface area contributed by atoms with E-state index in [1.54, 1.807) is 42.5 Å². The molecule has 156 valence electrons. The van der Waals surface area contributed by atoms with Crippen molar-refractivity contribution in [3.8, 4) is 0 Å². The molecular formula is C19H17BrN4O5S. The molecule has 0 saturated heterocycles. The van der Waals surface area contributed by atoms with E-state index in [0.29, 0.717) is 10.0 Å². The number of nitrogens with zero attached hydrogens (tertiary/aromatic N) is 2. The van der Waals surface area contributed by atoms with Crippen LogP contribution in [0.25, 0.3) is 0 Å². The van der Waals surface area contributed by atoms with E-state index in [2.05, 4.69) is 36.7 Å². The normalized spacial score (nSPS) is 11.1. The first kappa shape index (κ1) is 21.7. The van der Waals surface area contributed by atoms with Gasteiger partial charge in [-0.05, 0) is 40.2 Å². The third-order valence-electron chi connectivity index (χ3n) is 3.90. The van der Waals surface area contributed by atoms with Crippen LogP contribution in [0.4, 0.5) is 0 Å². The number of amides is 2. The molecule has 0 atom stereocenters. The minimum absolute atomic E-state index is 0.119. The van der Waals surface area contributed by atoms with E-state index in [1.807, 2.05) is 0 Å². The monoisotopic (exact) mass is 492 g/mol. The topological polar surface area (TPSA) is 131 Å². The van der Waals surface area contributed by atoms with Crippen LogP contribution in [-0.4, -0.2) is 43.5 Å². The van der Waals surface area contributed by atoms with Crippen LogP contribution in [0.1, 0.15) is 26.9 Å². The third-order valence-corrected chi connectivity index (χ3v) is 6.22. The van der Waals surface area contributed by atoms with Gasteiger partial charge in [-0.15, -0.1) is 0 Å². The van der Waals surface area contributed by atoms with Crippen LogP contribution in [-0.2, 0) is 15.6 Å². The van der Waals surface area contributed by atoms with Crippen LogP contribution in [0.3, 0.4) is 0 Å². The van der Waals surface area contributed by atoms with Crippen molar-refractivity contribution in [2.75, 3.05) is 13.1 Å². The molecule has 11 heteroatoms. The number of halogens is 1. The zero-order valence-corrected chi connectivity index (χ0v) is 17.9. The van der Waals surface area contributed by atoms with Crippen molar-refractivity contribution in [3.63, 3.8) is 0 Å². The average Bonchev–Trinajstić information content (AvgIpc) is 3.20. The fourth-order valence-electron chi connectivity index (χ4n) is 2.45. The van der Waals surface area contributed by atoms with E-state index in [9.17, 15) is 18.0 Å². The summed E-state index contributed by atoms with van der Waals surface area (Å²) in [7, 11) is -3.65. The van der Waals surface area contributed by atoms with Crippen LogP contribution < -0.4 is 10.6 Å². The van der Waals surface area contributed by atoms with Gasteiger partial charge >= 0.3 is 11.8 Å². The molecule has 2 N–H and O–H groups in total. The zero-order chi connectivity index (χ0) is 21.6. The van der Waals surface area contributed by atoms with Crippen molar-refractivity contribution in [2.45, 2.75) is 10.6 Å². The van der Waals surface area contributed by atoms with Crippen molar-refractivity contribution in [1.82, 2.24) is 20.8 Å². The molecule has 0 aliphatic heterocycles. The lowest BCUT2D eigenvalue weighted by Crippen LogP contribution is -2.35. The first-order chi connectivity index (χ1) is 14.4. The maximum atomic E-state index is 12.3. The molecule has 0 spiro atoms. The van der Waals surface area contributed by atoms with Crippen molar-refractivity contribution < 1.29 is 22.5 Å². The van der Waals surface area contributed by atoms with Gasteiger partial charge in [0, 0.05) is 17.6 Å². The lowest BCUT2D eigenvalue weighted by molar-refractivity contribution is 0.0898. The summed E-state index contributed by atoms with van der Waals surface area (Å²) in [5.74, 6) is -1.92. The van der Waals surface area contributed by atoms with E-state index in [4.69, 9.17) is 4.52 Å². The molecule has 0 unspecified atom stereocenters. The summed E-state index contributed by atoms with van der Waals surface area (Å²) in [5.41, 5.74) is 0.477. The number of aromatic nitrogens is 2. The van der Waals surface area contributed by atoms with E-state index in [0.717, 1.165) is 0 Å². The van der Waals surface area contributed by atoms with Crippen molar-refractivity contribution >= 4 is 37.6 Å². The second-order valence-electron chi connectivity index (χ2n) is 6.08. The quantitative estimate of drug-likeness (QED) is 0.459. The Bertz CT molecular complexity index is 1150. The van der Waals surface area contributed by atoms with E-state index < -0.39 is 21.5 Å². The van der Waals surface area contributed by atoms with Gasteiger partial charge in [0.05, 0.1) is 10.5 Å². The lowest BCUT2D eigenvalue weighted by Gasteiger charge is -2.07. The highest BCUT2D eigenvalue weighted by molar-refractivity contribution is 9.10. The Morgan fingerprint density at radius 3 is 2.27 bits per heavy atom. The van der Waals surface area contributed by atoms with Gasteiger partial charge < -0.3 is 15.2 Å². The lowest BCUT2D eigenvalue weighted by atomic mass is 10.2. The van der Waals surface area contributed by atoms with Crippen LogP contribution in [0.2, 0.25) is 0 Å². The number of hydrogen-bond acceptors (Lipinski definition) is 7. The molecular weight excluding hydrogens is 476 g/mol. The number of carbonyl (C=O) groups is 2. The summed E-state index contributed by atoms with van der Waals surface area (Å²) >= 11 is 3.30. The minimum atomic E-state index is -3.65. The predicted molar refractivity (Wildman–Crippen MR) is 110 cm³/mol. The highest BCUT2D eigenvalue weighted by Gasteiger charge is 2.21. The van der Waals surface area contributed by atoms with Crippen LogP contribution in [0.5, 0.6) is 0 Å². The Morgan fingerprint density at radius 1 is 0.933 bits per heavy atom. The predicted octanol–water partition coefficient (Wildman–Crippen LogP) is 1.97. The summed E-state index contributed by atoms with van der Waals surface area (Å²) in [5, 5.41) is 8.74. The van der Waals surface area contributed by atoms with E-state index in [-0.39, 0.29) is 35.6 Å². The smallest absolute Gasteiger partial charge is 0.315 e. The summed E-state index contributed by atoms with van der Waals surface area (Å²) < 4.78 is 30.2. The number of benzene rings is 2. The number of sulfone groups is 1. The Balaban J connectivity index is 1.49. The Kier molecular flexibility index (Phi) is 6.95. The molecule has 2 amide bonds. The van der Waals surface area contributed by atoms with Gasteiger partial charge in [0.25, 0.3) is 5.91 Å². The van der Waals surface area contributed by atoms with Gasteiger partial charge in [-0.1, -0.05) is 35.5 Å². The van der Waals surface area contributed by atoms with Crippen LogP contribution >= 0.6 is 15.9 Å². The average molecular weight is 493 g/mol. The van der Waals surface area contributed by atoms with Gasteiger partial charge in [0.1, 0.15) is 5.75 Å². The second-order valence-corrected chi connectivity index (χ2v) is 8.92. The van der Waals surface area contributed by atoms with Gasteiger partial charge in [-0.25, -0.2) is 8.42 Å². The van der Waals surface area contributed by atoms with Crippen LogP contribution in [0.15, 0.2) is 68.5 Å². The molecule has 9 nitrogen and oxygen atoms in total. The standard InChI is InChI=1S/C19H17BrN4O5S/c20-15-9-5-4-8-14(15)17(25)21-10-11-22-18(26)19-23-16(24-29-19)12-30(27,28)13-6-2-1-3-7-13/h1-9H,10-12H2,(H,21,25)(H,22,26). The molecule has 2 aromatic carbocycles. The summed E-state index contributed by atoms with van der Waals surface area (Å²) in [4.78, 5) is 28.1. The molecule has 0 radical (unpaired) electrons. The summed E-state index contributed by atoms with van der Waals surface area (Å²) in [6.45, 7) is 0.296. The van der Waals surface area contributed by atoms with Gasteiger partial charge in [-0.3, -0.25) is 9.59 Å². The zero-order valence-electron chi connectivity index (χ0n) is 15.5. The molecule has 0 fully saturated rings. The van der Waals surface area contributed by atoms with Crippen molar-refractivity contribution in [3.05, 3.63) is 76.3 Å². The first-order valence-electron chi connectivity index (χ1n) is 8.78. The molecule has 1 aromatic heterocycles. The highest BCUT2D eigenvalue weighted by Crippen LogP contribution is 2.15.